The van der Waals surface area contributed by atoms with Gasteiger partial charge in [-0.3, -0.25) is 0 Å². The zero-order valence-electron chi connectivity index (χ0n) is 31.9. The largest absolute Gasteiger partial charge is 2.00 e. The number of fused-ring (bicyclic) bond motifs is 8. The Hall–Kier alpha value is -6.58. The minimum Gasteiger partial charge on any atom is -0.442 e. The Morgan fingerprint density at radius 1 is 0.317 bits per heavy atom. The molecule has 0 bridgehead atoms. The number of rotatable bonds is 2. The molecular weight excluding hydrogens is 1100 g/mol. The van der Waals surface area contributed by atoms with Crippen molar-refractivity contribution in [2.45, 2.75) is 0 Å². The molecule has 60 heavy (non-hydrogen) atoms. The molecule has 0 amide bonds. The maximum absolute atomic E-state index is 4.45. The normalized spacial score (nSPS) is 10.4. The van der Waals surface area contributed by atoms with Gasteiger partial charge >= 0.3 is 42.1 Å². The Kier molecular flexibility index (Phi) is 13.8. The fourth-order valence-electron chi connectivity index (χ4n) is 6.97. The summed E-state index contributed by atoms with van der Waals surface area (Å²) in [4.78, 5) is 26.1. The van der Waals surface area contributed by atoms with Crippen molar-refractivity contribution < 1.29 is 42.1 Å². The van der Waals surface area contributed by atoms with Crippen molar-refractivity contribution in [1.29, 1.82) is 0 Å². The standard InChI is InChI=1S/2C15H10N.2C11H7N2.2Pt/c2*1-2-7-13(8-3-1)15-14-9-5-4-6-12(14)10-11-16-15;2*1-2-6-10-8(4-1)9-5-3-7-12-11(9)13-10;;/h2*1-7,9-11H;2*1-7H;;/q4*-1;2*+2. The van der Waals surface area contributed by atoms with Crippen molar-refractivity contribution in [3.63, 3.8) is 0 Å². The van der Waals surface area contributed by atoms with Crippen LogP contribution < -0.4 is 9.97 Å². The monoisotopic (exact) mass is 1130 g/mol. The summed E-state index contributed by atoms with van der Waals surface area (Å²) in [6, 6.07) is 67.1. The minimum atomic E-state index is 0. The van der Waals surface area contributed by atoms with Gasteiger partial charge < -0.3 is 29.9 Å². The van der Waals surface area contributed by atoms with Gasteiger partial charge in [0, 0.05) is 12.4 Å². The van der Waals surface area contributed by atoms with Gasteiger partial charge in [-0.15, -0.1) is 71.8 Å². The van der Waals surface area contributed by atoms with Crippen LogP contribution in [0.15, 0.2) is 207 Å². The summed E-state index contributed by atoms with van der Waals surface area (Å²) < 4.78 is 0. The minimum absolute atomic E-state index is 0. The number of hydrogen-bond donors (Lipinski definition) is 0. The van der Waals surface area contributed by atoms with Crippen molar-refractivity contribution in [2.24, 2.45) is 0 Å². The van der Waals surface area contributed by atoms with E-state index in [1.54, 1.807) is 12.4 Å². The Morgan fingerprint density at radius 2 is 0.700 bits per heavy atom. The van der Waals surface area contributed by atoms with Crippen LogP contribution in [0.5, 0.6) is 0 Å². The van der Waals surface area contributed by atoms with Gasteiger partial charge in [0.2, 0.25) is 0 Å². The van der Waals surface area contributed by atoms with Crippen LogP contribution in [-0.2, 0) is 42.1 Å². The van der Waals surface area contributed by atoms with E-state index in [2.05, 4.69) is 90.6 Å². The number of nitrogens with zero attached hydrogens (tertiary/aromatic N) is 6. The third-order valence-electron chi connectivity index (χ3n) is 9.69. The molecule has 0 fully saturated rings. The second kappa shape index (κ2) is 19.9. The first-order valence-electron chi connectivity index (χ1n) is 18.9. The average molecular weight is 1130 g/mol. The van der Waals surface area contributed by atoms with Gasteiger partial charge in [-0.25, -0.2) is 0 Å². The van der Waals surface area contributed by atoms with Gasteiger partial charge in [0.05, 0.1) is 0 Å². The van der Waals surface area contributed by atoms with E-state index < -0.39 is 0 Å². The number of hydrogen-bond acceptors (Lipinski definition) is 4. The van der Waals surface area contributed by atoms with Crippen LogP contribution in [0.2, 0.25) is 0 Å². The summed E-state index contributed by atoms with van der Waals surface area (Å²) in [5.41, 5.74) is 7.80. The van der Waals surface area contributed by atoms with Crippen molar-refractivity contribution in [2.75, 3.05) is 0 Å². The molecule has 0 radical (unpaired) electrons. The molecule has 6 nitrogen and oxygen atoms in total. The fourth-order valence-corrected chi connectivity index (χ4v) is 6.97. The van der Waals surface area contributed by atoms with Crippen molar-refractivity contribution in [1.82, 2.24) is 29.9 Å². The number of para-hydroxylation sites is 2. The molecule has 0 saturated carbocycles. The molecule has 6 aromatic heterocycles. The third-order valence-corrected chi connectivity index (χ3v) is 9.69. The van der Waals surface area contributed by atoms with Gasteiger partial charge in [-0.05, 0) is 77.6 Å². The molecule has 6 heterocycles. The molecule has 8 heteroatoms. The second-order valence-corrected chi connectivity index (χ2v) is 13.3. The zero-order valence-corrected chi connectivity index (χ0v) is 36.5. The Labute approximate surface area is 376 Å². The molecule has 12 aromatic rings. The van der Waals surface area contributed by atoms with Crippen LogP contribution in [-0.4, -0.2) is 19.9 Å². The van der Waals surface area contributed by atoms with Gasteiger partial charge in [0.15, 0.2) is 0 Å². The third kappa shape index (κ3) is 9.16. The molecule has 292 valence electrons. The molecule has 0 saturated heterocycles. The summed E-state index contributed by atoms with van der Waals surface area (Å²) >= 11 is 0. The van der Waals surface area contributed by atoms with E-state index in [9.17, 15) is 0 Å². The molecule has 0 aliphatic rings. The summed E-state index contributed by atoms with van der Waals surface area (Å²) in [6.07, 6.45) is 7.24. The number of benzene rings is 6. The predicted octanol–water partition coefficient (Wildman–Crippen LogP) is 12.1. The fraction of sp³-hybridized carbons (Fsp3) is 0. The summed E-state index contributed by atoms with van der Waals surface area (Å²) in [6.45, 7) is 0. The summed E-state index contributed by atoms with van der Waals surface area (Å²) in [7, 11) is 0. The Bertz CT molecular complexity index is 2920. The number of pyridine rings is 4. The van der Waals surface area contributed by atoms with Gasteiger partial charge in [-0.2, -0.15) is 0 Å². The molecular formula is C52H34N6Pt2. The maximum Gasteiger partial charge on any atom is 2.00 e. The summed E-state index contributed by atoms with van der Waals surface area (Å²) in [5, 5.41) is 9.42. The van der Waals surface area contributed by atoms with E-state index in [0.29, 0.717) is 0 Å². The first-order chi connectivity index (χ1) is 28.8. The predicted molar refractivity (Wildman–Crippen MR) is 237 cm³/mol. The van der Waals surface area contributed by atoms with Crippen LogP contribution in [0, 0.1) is 12.1 Å². The van der Waals surface area contributed by atoms with Gasteiger partial charge in [-0.1, -0.05) is 145 Å². The SMILES string of the molecule is [Pt+2].[Pt+2].[c-]1ccccc1-c1nccc2ccccc12.[c-]1ccccc1-c1nccc2ccccc12.c1ccc2c(c1)[n-]c1ncccc12.c1ccc2c(c1)[n-]c1ncccc12. The van der Waals surface area contributed by atoms with Crippen molar-refractivity contribution >= 4 is 65.4 Å². The van der Waals surface area contributed by atoms with E-state index in [0.717, 1.165) is 55.6 Å². The van der Waals surface area contributed by atoms with Crippen molar-refractivity contribution in [3.05, 3.63) is 219 Å². The van der Waals surface area contributed by atoms with Crippen LogP contribution >= 0.6 is 0 Å². The second-order valence-electron chi connectivity index (χ2n) is 13.3. The van der Waals surface area contributed by atoms with Crippen LogP contribution in [0.25, 0.3) is 87.9 Å². The average Bonchev–Trinajstić information content (AvgIpc) is 3.89. The molecule has 12 rings (SSSR count). The molecule has 0 aliphatic carbocycles. The topological polar surface area (TPSA) is 79.8 Å². The molecule has 0 atom stereocenters. The molecule has 6 aromatic carbocycles. The van der Waals surface area contributed by atoms with E-state index in [4.69, 9.17) is 0 Å². The molecule has 0 unspecified atom stereocenters. The van der Waals surface area contributed by atoms with E-state index >= 15 is 0 Å². The Morgan fingerprint density at radius 3 is 1.13 bits per heavy atom. The molecule has 0 spiro atoms. The first kappa shape index (κ1) is 41.6. The molecule has 0 N–H and O–H groups in total. The van der Waals surface area contributed by atoms with E-state index in [1.165, 1.54) is 32.3 Å². The van der Waals surface area contributed by atoms with E-state index in [1.807, 2.05) is 146 Å². The number of aromatic nitrogens is 6. The smallest absolute Gasteiger partial charge is 0.442 e. The van der Waals surface area contributed by atoms with Gasteiger partial charge in [0.1, 0.15) is 0 Å². The Balaban J connectivity index is 0.000000120. The summed E-state index contributed by atoms with van der Waals surface area (Å²) in [5.74, 6) is 0. The quantitative estimate of drug-likeness (QED) is 0.161. The maximum atomic E-state index is 4.45. The molecule has 0 aliphatic heterocycles. The van der Waals surface area contributed by atoms with Crippen LogP contribution in [0.1, 0.15) is 0 Å². The van der Waals surface area contributed by atoms with Crippen molar-refractivity contribution in [3.8, 4) is 22.5 Å². The van der Waals surface area contributed by atoms with E-state index in [-0.39, 0.29) is 42.1 Å². The van der Waals surface area contributed by atoms with Crippen LogP contribution in [0.4, 0.5) is 0 Å². The first-order valence-corrected chi connectivity index (χ1v) is 18.9. The van der Waals surface area contributed by atoms with Gasteiger partial charge in [0.25, 0.3) is 0 Å². The van der Waals surface area contributed by atoms with Crippen LogP contribution in [0.3, 0.4) is 0 Å². The zero-order chi connectivity index (χ0) is 38.9.